The normalized spacial score (nSPS) is 14.0. The lowest BCUT2D eigenvalue weighted by molar-refractivity contribution is -0.133. The lowest BCUT2D eigenvalue weighted by Gasteiger charge is -2.26. The van der Waals surface area contributed by atoms with Crippen LogP contribution in [0, 0.1) is 0 Å². The van der Waals surface area contributed by atoms with Crippen molar-refractivity contribution in [2.45, 2.75) is 26.3 Å². The number of hydrogen-bond acceptors (Lipinski definition) is 4. The van der Waals surface area contributed by atoms with Gasteiger partial charge in [-0.3, -0.25) is 14.4 Å². The van der Waals surface area contributed by atoms with E-state index in [9.17, 15) is 14.4 Å². The highest BCUT2D eigenvalue weighted by Crippen LogP contribution is 2.23. The molecule has 1 fully saturated rings. The van der Waals surface area contributed by atoms with Crippen LogP contribution < -0.4 is 10.6 Å². The molecule has 1 aliphatic heterocycles. The predicted molar refractivity (Wildman–Crippen MR) is 109 cm³/mol. The highest BCUT2D eigenvalue weighted by Gasteiger charge is 2.18. The Morgan fingerprint density at radius 2 is 1.79 bits per heavy atom. The minimum atomic E-state index is -0.405. The van der Waals surface area contributed by atoms with E-state index in [1.165, 1.54) is 19.8 Å². The van der Waals surface area contributed by atoms with E-state index in [0.717, 1.165) is 25.2 Å². The molecule has 1 aromatic rings. The predicted octanol–water partition coefficient (Wildman–Crippen LogP) is 1.67. The standard InChI is InChI=1S/C19H26Cl2N4O3/c1-14(26)22-11-18(27)23-12-19(28)25(9-8-24-6-2-3-7-24)13-15-4-5-16(20)17(21)10-15/h4-5,10H,2-3,6-9,11-13H2,1H3,(H,22,26)(H,23,27). The van der Waals surface area contributed by atoms with E-state index in [1.54, 1.807) is 17.0 Å². The quantitative estimate of drug-likeness (QED) is 0.626. The zero-order valence-corrected chi connectivity index (χ0v) is 17.5. The number of nitrogens with one attached hydrogen (secondary N) is 2. The van der Waals surface area contributed by atoms with E-state index < -0.39 is 5.91 Å². The van der Waals surface area contributed by atoms with Crippen molar-refractivity contribution in [3.8, 4) is 0 Å². The SMILES string of the molecule is CC(=O)NCC(=O)NCC(=O)N(CCN1CCCC1)Cc1ccc(Cl)c(Cl)c1. The molecule has 2 N–H and O–H groups in total. The number of hydrogen-bond donors (Lipinski definition) is 2. The van der Waals surface area contributed by atoms with Crippen LogP contribution in [-0.4, -0.2) is 66.8 Å². The van der Waals surface area contributed by atoms with E-state index in [1.807, 2.05) is 6.07 Å². The van der Waals surface area contributed by atoms with Crippen LogP contribution >= 0.6 is 23.2 Å². The van der Waals surface area contributed by atoms with Crippen LogP contribution in [-0.2, 0) is 20.9 Å². The fraction of sp³-hybridized carbons (Fsp3) is 0.526. The molecule has 0 bridgehead atoms. The highest BCUT2D eigenvalue weighted by atomic mass is 35.5. The van der Waals surface area contributed by atoms with Gasteiger partial charge in [-0.15, -0.1) is 0 Å². The molecule has 3 amide bonds. The van der Waals surface area contributed by atoms with Gasteiger partial charge in [0.1, 0.15) is 0 Å². The Labute approximate surface area is 175 Å². The summed E-state index contributed by atoms with van der Waals surface area (Å²) in [4.78, 5) is 39.3. The molecule has 9 heteroatoms. The summed E-state index contributed by atoms with van der Waals surface area (Å²) < 4.78 is 0. The maximum absolute atomic E-state index is 12.7. The smallest absolute Gasteiger partial charge is 0.242 e. The Kier molecular flexibility index (Phi) is 9.02. The van der Waals surface area contributed by atoms with Crippen LogP contribution in [0.4, 0.5) is 0 Å². The summed E-state index contributed by atoms with van der Waals surface area (Å²) in [6.07, 6.45) is 2.36. The number of benzene rings is 1. The molecule has 1 aliphatic rings. The van der Waals surface area contributed by atoms with Crippen molar-refractivity contribution in [3.63, 3.8) is 0 Å². The van der Waals surface area contributed by atoms with Crippen molar-refractivity contribution in [2.75, 3.05) is 39.3 Å². The summed E-state index contributed by atoms with van der Waals surface area (Å²) in [6, 6.07) is 5.28. The minimum Gasteiger partial charge on any atom is -0.347 e. The van der Waals surface area contributed by atoms with E-state index in [0.29, 0.717) is 23.1 Å². The molecule has 0 spiro atoms. The molecule has 28 heavy (non-hydrogen) atoms. The second-order valence-corrected chi connectivity index (χ2v) is 7.61. The van der Waals surface area contributed by atoms with Crippen molar-refractivity contribution >= 4 is 40.9 Å². The zero-order chi connectivity index (χ0) is 20.5. The van der Waals surface area contributed by atoms with Crippen LogP contribution in [0.3, 0.4) is 0 Å². The summed E-state index contributed by atoms with van der Waals surface area (Å²) >= 11 is 12.1. The summed E-state index contributed by atoms with van der Waals surface area (Å²) in [6.45, 7) is 4.86. The first-order chi connectivity index (χ1) is 13.3. The molecule has 1 heterocycles. The first kappa shape index (κ1) is 22.5. The third-order valence-corrected chi connectivity index (χ3v) is 5.27. The van der Waals surface area contributed by atoms with Gasteiger partial charge in [-0.1, -0.05) is 29.3 Å². The fourth-order valence-corrected chi connectivity index (χ4v) is 3.29. The summed E-state index contributed by atoms with van der Waals surface area (Å²) in [5.41, 5.74) is 0.869. The lowest BCUT2D eigenvalue weighted by Crippen LogP contribution is -2.45. The molecule has 2 rings (SSSR count). The van der Waals surface area contributed by atoms with Gasteiger partial charge in [0, 0.05) is 26.6 Å². The average Bonchev–Trinajstić information content (AvgIpc) is 3.17. The van der Waals surface area contributed by atoms with Gasteiger partial charge in [-0.2, -0.15) is 0 Å². The van der Waals surface area contributed by atoms with Gasteiger partial charge in [0.2, 0.25) is 17.7 Å². The molecule has 0 saturated carbocycles. The molecule has 0 unspecified atom stereocenters. The van der Waals surface area contributed by atoms with Crippen molar-refractivity contribution in [3.05, 3.63) is 33.8 Å². The molecular formula is C19H26Cl2N4O3. The van der Waals surface area contributed by atoms with Gasteiger partial charge >= 0.3 is 0 Å². The van der Waals surface area contributed by atoms with Crippen molar-refractivity contribution in [1.29, 1.82) is 0 Å². The van der Waals surface area contributed by atoms with Gasteiger partial charge in [0.15, 0.2) is 0 Å². The van der Waals surface area contributed by atoms with E-state index in [-0.39, 0.29) is 24.9 Å². The molecule has 0 atom stereocenters. The highest BCUT2D eigenvalue weighted by molar-refractivity contribution is 6.42. The second-order valence-electron chi connectivity index (χ2n) is 6.80. The maximum atomic E-state index is 12.7. The zero-order valence-electron chi connectivity index (χ0n) is 16.0. The average molecular weight is 429 g/mol. The second kappa shape index (κ2) is 11.2. The molecule has 0 radical (unpaired) electrons. The van der Waals surface area contributed by atoms with Gasteiger partial charge in [-0.25, -0.2) is 0 Å². The minimum absolute atomic E-state index is 0.125. The van der Waals surface area contributed by atoms with Crippen LogP contribution in [0.2, 0.25) is 10.0 Å². The Bertz CT molecular complexity index is 708. The largest absolute Gasteiger partial charge is 0.347 e. The van der Waals surface area contributed by atoms with Gasteiger partial charge in [0.05, 0.1) is 23.1 Å². The molecule has 1 aromatic carbocycles. The van der Waals surface area contributed by atoms with Crippen LogP contribution in [0.5, 0.6) is 0 Å². The van der Waals surface area contributed by atoms with Gasteiger partial charge < -0.3 is 20.4 Å². The number of nitrogens with zero attached hydrogens (tertiary/aromatic N) is 2. The molecule has 7 nitrogen and oxygen atoms in total. The summed E-state index contributed by atoms with van der Waals surface area (Å²) in [5, 5.41) is 5.85. The summed E-state index contributed by atoms with van der Waals surface area (Å²) in [7, 11) is 0. The monoisotopic (exact) mass is 428 g/mol. The number of carbonyl (C=O) groups is 3. The van der Waals surface area contributed by atoms with Crippen molar-refractivity contribution < 1.29 is 14.4 Å². The first-order valence-corrected chi connectivity index (χ1v) is 10.1. The molecule has 0 aromatic heterocycles. The van der Waals surface area contributed by atoms with Crippen molar-refractivity contribution in [1.82, 2.24) is 20.4 Å². The fourth-order valence-electron chi connectivity index (χ4n) is 2.97. The van der Waals surface area contributed by atoms with Crippen molar-refractivity contribution in [2.24, 2.45) is 0 Å². The Balaban J connectivity index is 1.95. The third-order valence-electron chi connectivity index (χ3n) is 4.53. The maximum Gasteiger partial charge on any atom is 0.242 e. The number of likely N-dealkylation sites (tertiary alicyclic amines) is 1. The Morgan fingerprint density at radius 1 is 1.07 bits per heavy atom. The summed E-state index contributed by atoms with van der Waals surface area (Å²) in [5.74, 6) is -0.896. The van der Waals surface area contributed by atoms with Gasteiger partial charge in [0.25, 0.3) is 0 Å². The molecule has 0 aliphatic carbocycles. The molecule has 154 valence electrons. The number of amides is 3. The van der Waals surface area contributed by atoms with E-state index >= 15 is 0 Å². The van der Waals surface area contributed by atoms with Crippen LogP contribution in [0.25, 0.3) is 0 Å². The number of rotatable bonds is 9. The lowest BCUT2D eigenvalue weighted by atomic mass is 10.2. The molecular weight excluding hydrogens is 403 g/mol. The number of carbonyl (C=O) groups excluding carboxylic acids is 3. The van der Waals surface area contributed by atoms with Gasteiger partial charge in [-0.05, 0) is 43.6 Å². The Hall–Kier alpha value is -1.83. The topological polar surface area (TPSA) is 81.8 Å². The first-order valence-electron chi connectivity index (χ1n) is 9.30. The van der Waals surface area contributed by atoms with E-state index in [2.05, 4.69) is 15.5 Å². The molecule has 1 saturated heterocycles. The number of halogens is 2. The third kappa shape index (κ3) is 7.66. The Morgan fingerprint density at radius 3 is 2.43 bits per heavy atom. The van der Waals surface area contributed by atoms with E-state index in [4.69, 9.17) is 23.2 Å². The van der Waals surface area contributed by atoms with Crippen LogP contribution in [0.15, 0.2) is 18.2 Å². The van der Waals surface area contributed by atoms with Crippen LogP contribution in [0.1, 0.15) is 25.3 Å².